The van der Waals surface area contributed by atoms with Gasteiger partial charge in [0.1, 0.15) is 0 Å². The zero-order chi connectivity index (χ0) is 10.4. The van der Waals surface area contributed by atoms with Crippen LogP contribution in [-0.2, 0) is 6.54 Å². The molecule has 0 aromatic carbocycles. The van der Waals surface area contributed by atoms with Crippen LogP contribution in [-0.4, -0.2) is 16.1 Å². The highest BCUT2D eigenvalue weighted by Crippen LogP contribution is 2.07. The van der Waals surface area contributed by atoms with Gasteiger partial charge < -0.3 is 9.88 Å². The lowest BCUT2D eigenvalue weighted by atomic mass is 10.3. The van der Waals surface area contributed by atoms with Crippen LogP contribution in [0.4, 0.5) is 0 Å². The van der Waals surface area contributed by atoms with Crippen molar-refractivity contribution in [3.63, 3.8) is 0 Å². The summed E-state index contributed by atoms with van der Waals surface area (Å²) in [5.41, 5.74) is 1.21. The second-order valence-electron chi connectivity index (χ2n) is 3.42. The number of hydrogen-bond donors (Lipinski definition) is 1. The minimum absolute atomic E-state index is 0.464. The van der Waals surface area contributed by atoms with E-state index in [4.69, 9.17) is 0 Å². The molecule has 0 aliphatic heterocycles. The van der Waals surface area contributed by atoms with Crippen molar-refractivity contribution in [1.82, 2.24) is 14.9 Å². The number of hydrogen-bond acceptors (Lipinski definition) is 2. The minimum Gasteiger partial charge on any atom is -0.331 e. The quantitative estimate of drug-likeness (QED) is 0.578. The van der Waals surface area contributed by atoms with E-state index >= 15 is 0 Å². The molecule has 1 N–H and O–H groups in total. The molecule has 0 aliphatic carbocycles. The molecule has 1 heterocycles. The molecule has 3 nitrogen and oxygen atoms in total. The van der Waals surface area contributed by atoms with Crippen molar-refractivity contribution in [2.75, 3.05) is 6.54 Å². The normalized spacial score (nSPS) is 10.0. The van der Waals surface area contributed by atoms with E-state index in [1.807, 2.05) is 19.4 Å². The van der Waals surface area contributed by atoms with Crippen LogP contribution >= 0.6 is 0 Å². The first-order valence-electron chi connectivity index (χ1n) is 4.86. The van der Waals surface area contributed by atoms with Crippen molar-refractivity contribution >= 4 is 0 Å². The summed E-state index contributed by atoms with van der Waals surface area (Å²) in [5.74, 6) is 5.82. The molecule has 76 valence electrons. The Balaban J connectivity index is 2.48. The van der Waals surface area contributed by atoms with Crippen molar-refractivity contribution in [2.45, 2.75) is 33.4 Å². The van der Waals surface area contributed by atoms with E-state index in [-0.39, 0.29) is 0 Å². The van der Waals surface area contributed by atoms with Gasteiger partial charge in [0.05, 0.1) is 18.6 Å². The van der Waals surface area contributed by atoms with Crippen LogP contribution < -0.4 is 5.32 Å². The summed E-state index contributed by atoms with van der Waals surface area (Å²) < 4.78 is 2.16. The van der Waals surface area contributed by atoms with E-state index in [1.165, 1.54) is 5.69 Å². The zero-order valence-corrected chi connectivity index (χ0v) is 9.04. The van der Waals surface area contributed by atoms with Gasteiger partial charge in [-0.3, -0.25) is 0 Å². The van der Waals surface area contributed by atoms with E-state index in [0.717, 1.165) is 13.1 Å². The molecule has 0 aliphatic rings. The second kappa shape index (κ2) is 5.46. The lowest BCUT2D eigenvalue weighted by Crippen LogP contribution is -2.16. The van der Waals surface area contributed by atoms with Gasteiger partial charge in [0.2, 0.25) is 0 Å². The fourth-order valence-corrected chi connectivity index (χ4v) is 1.28. The standard InChI is InChI=1S/C11H17N3/c1-4-5-6-12-7-11-8-13-9-14(11)10(2)3/h8-10,12H,6-7H2,1-3H3. The van der Waals surface area contributed by atoms with Gasteiger partial charge in [0.25, 0.3) is 0 Å². The Morgan fingerprint density at radius 1 is 1.57 bits per heavy atom. The molecular formula is C11H17N3. The van der Waals surface area contributed by atoms with Gasteiger partial charge >= 0.3 is 0 Å². The lowest BCUT2D eigenvalue weighted by molar-refractivity contribution is 0.559. The highest BCUT2D eigenvalue weighted by Gasteiger charge is 2.03. The summed E-state index contributed by atoms with van der Waals surface area (Å²) in [7, 11) is 0. The highest BCUT2D eigenvalue weighted by atomic mass is 15.1. The molecule has 1 aromatic rings. The Labute approximate surface area is 85.5 Å². The third-order valence-corrected chi connectivity index (χ3v) is 2.00. The number of nitrogens with zero attached hydrogens (tertiary/aromatic N) is 2. The van der Waals surface area contributed by atoms with Crippen molar-refractivity contribution in [3.05, 3.63) is 18.2 Å². The second-order valence-corrected chi connectivity index (χ2v) is 3.42. The number of aromatic nitrogens is 2. The van der Waals surface area contributed by atoms with Gasteiger partial charge in [-0.25, -0.2) is 4.98 Å². The van der Waals surface area contributed by atoms with Crippen molar-refractivity contribution < 1.29 is 0 Å². The van der Waals surface area contributed by atoms with Crippen molar-refractivity contribution in [3.8, 4) is 11.8 Å². The van der Waals surface area contributed by atoms with Crippen LogP contribution in [0.25, 0.3) is 0 Å². The topological polar surface area (TPSA) is 29.9 Å². The largest absolute Gasteiger partial charge is 0.331 e. The predicted molar refractivity (Wildman–Crippen MR) is 57.8 cm³/mol. The summed E-state index contributed by atoms with van der Waals surface area (Å²) in [4.78, 5) is 4.13. The molecule has 14 heavy (non-hydrogen) atoms. The average molecular weight is 191 g/mol. The fourth-order valence-electron chi connectivity index (χ4n) is 1.28. The average Bonchev–Trinajstić information content (AvgIpc) is 2.60. The molecule has 1 rings (SSSR count). The summed E-state index contributed by atoms with van der Waals surface area (Å²) in [6.45, 7) is 7.71. The van der Waals surface area contributed by atoms with Crippen LogP contribution in [0.15, 0.2) is 12.5 Å². The SMILES string of the molecule is CC#CCNCc1cncn1C(C)C. The Kier molecular flexibility index (Phi) is 4.21. The van der Waals surface area contributed by atoms with Gasteiger partial charge in [-0.15, -0.1) is 5.92 Å². The van der Waals surface area contributed by atoms with Crippen LogP contribution in [0.2, 0.25) is 0 Å². The third kappa shape index (κ3) is 2.90. The molecule has 0 bridgehead atoms. The van der Waals surface area contributed by atoms with Gasteiger partial charge in [0, 0.05) is 18.8 Å². The van der Waals surface area contributed by atoms with E-state index in [2.05, 4.69) is 40.6 Å². The summed E-state index contributed by atoms with van der Waals surface area (Å²) in [6.07, 6.45) is 3.76. The van der Waals surface area contributed by atoms with E-state index in [9.17, 15) is 0 Å². The first-order chi connectivity index (χ1) is 6.75. The maximum absolute atomic E-state index is 4.13. The van der Waals surface area contributed by atoms with E-state index in [0.29, 0.717) is 6.04 Å². The molecule has 1 aromatic heterocycles. The Morgan fingerprint density at radius 3 is 3.00 bits per heavy atom. The first-order valence-corrected chi connectivity index (χ1v) is 4.86. The molecule has 0 atom stereocenters. The van der Waals surface area contributed by atoms with Crippen molar-refractivity contribution in [2.24, 2.45) is 0 Å². The third-order valence-electron chi connectivity index (χ3n) is 2.00. The number of imidazole rings is 1. The van der Waals surface area contributed by atoms with Gasteiger partial charge in [0.15, 0.2) is 0 Å². The smallest absolute Gasteiger partial charge is 0.0951 e. The van der Waals surface area contributed by atoms with Crippen LogP contribution in [0, 0.1) is 11.8 Å². The maximum atomic E-state index is 4.13. The summed E-state index contributed by atoms with van der Waals surface area (Å²) in [6, 6.07) is 0.464. The molecule has 3 heteroatoms. The van der Waals surface area contributed by atoms with Gasteiger partial charge in [-0.2, -0.15) is 0 Å². The molecule has 0 radical (unpaired) electrons. The molecule has 0 saturated carbocycles. The van der Waals surface area contributed by atoms with Gasteiger partial charge in [-0.05, 0) is 20.8 Å². The molecule has 0 unspecified atom stereocenters. The Bertz CT molecular complexity index is 328. The lowest BCUT2D eigenvalue weighted by Gasteiger charge is -2.11. The Morgan fingerprint density at radius 2 is 2.36 bits per heavy atom. The van der Waals surface area contributed by atoms with Gasteiger partial charge in [-0.1, -0.05) is 5.92 Å². The van der Waals surface area contributed by atoms with Crippen LogP contribution in [0.1, 0.15) is 32.5 Å². The molecule has 0 spiro atoms. The minimum atomic E-state index is 0.464. The summed E-state index contributed by atoms with van der Waals surface area (Å²) >= 11 is 0. The first kappa shape index (κ1) is 10.8. The fraction of sp³-hybridized carbons (Fsp3) is 0.545. The number of rotatable bonds is 4. The Hall–Kier alpha value is -1.27. The van der Waals surface area contributed by atoms with E-state index in [1.54, 1.807) is 0 Å². The maximum Gasteiger partial charge on any atom is 0.0951 e. The summed E-state index contributed by atoms with van der Waals surface area (Å²) in [5, 5.41) is 3.25. The number of nitrogens with one attached hydrogen (secondary N) is 1. The highest BCUT2D eigenvalue weighted by molar-refractivity contribution is 5.02. The monoisotopic (exact) mass is 191 g/mol. The van der Waals surface area contributed by atoms with Crippen molar-refractivity contribution in [1.29, 1.82) is 0 Å². The van der Waals surface area contributed by atoms with E-state index < -0.39 is 0 Å². The molecule has 0 amide bonds. The zero-order valence-electron chi connectivity index (χ0n) is 9.04. The molecule has 0 saturated heterocycles. The molecule has 0 fully saturated rings. The predicted octanol–water partition coefficient (Wildman–Crippen LogP) is 1.58. The molecular weight excluding hydrogens is 174 g/mol. The van der Waals surface area contributed by atoms with Crippen LogP contribution in [0.3, 0.4) is 0 Å². The van der Waals surface area contributed by atoms with Crippen LogP contribution in [0.5, 0.6) is 0 Å².